The molecule has 1 aromatic rings. The van der Waals surface area contributed by atoms with Crippen LogP contribution < -0.4 is 5.73 Å². The summed E-state index contributed by atoms with van der Waals surface area (Å²) in [6.45, 7) is 2.98. The second-order valence-electron chi connectivity index (χ2n) is 8.03. The van der Waals surface area contributed by atoms with Gasteiger partial charge in [0.05, 0.1) is 12.5 Å². The fourth-order valence-electron chi connectivity index (χ4n) is 5.11. The average Bonchev–Trinajstić information content (AvgIpc) is 3.30. The first-order valence-corrected chi connectivity index (χ1v) is 9.86. The van der Waals surface area contributed by atoms with Crippen LogP contribution in [-0.2, 0) is 16.0 Å². The van der Waals surface area contributed by atoms with Crippen molar-refractivity contribution >= 4 is 11.8 Å². The van der Waals surface area contributed by atoms with Gasteiger partial charge in [-0.15, -0.1) is 0 Å². The lowest BCUT2D eigenvalue weighted by molar-refractivity contribution is -0.138. The predicted molar refractivity (Wildman–Crippen MR) is 98.1 cm³/mol. The number of amides is 2. The van der Waals surface area contributed by atoms with Crippen LogP contribution in [0.15, 0.2) is 24.5 Å². The van der Waals surface area contributed by atoms with E-state index in [1.54, 1.807) is 0 Å². The molecule has 0 aromatic carbocycles. The highest BCUT2D eigenvalue weighted by Gasteiger charge is 2.45. The monoisotopic (exact) mass is 356 g/mol. The average molecular weight is 356 g/mol. The molecule has 4 rings (SSSR count). The fraction of sp³-hybridized carbons (Fsp3) is 0.650. The molecule has 2 amide bonds. The van der Waals surface area contributed by atoms with Crippen LogP contribution in [0.25, 0.3) is 0 Å². The number of nitrogens with two attached hydrogens (primary N) is 1. The van der Waals surface area contributed by atoms with Crippen LogP contribution in [0.4, 0.5) is 0 Å². The molecule has 140 valence electrons. The quantitative estimate of drug-likeness (QED) is 0.587. The molecule has 26 heavy (non-hydrogen) atoms. The Labute approximate surface area is 154 Å². The number of fused-ring (bicyclic) bond motifs is 2. The Bertz CT molecular complexity index is 665. The first kappa shape index (κ1) is 17.6. The van der Waals surface area contributed by atoms with E-state index >= 15 is 0 Å². The summed E-state index contributed by atoms with van der Waals surface area (Å²) >= 11 is 0. The lowest BCUT2D eigenvalue weighted by Crippen LogP contribution is -2.38. The van der Waals surface area contributed by atoms with Gasteiger partial charge in [0, 0.05) is 31.5 Å². The number of aromatic nitrogens is 1. The Morgan fingerprint density at radius 3 is 2.88 bits per heavy atom. The lowest BCUT2D eigenvalue weighted by Gasteiger charge is -2.32. The number of piperidine rings is 1. The molecule has 0 saturated carbocycles. The van der Waals surface area contributed by atoms with Crippen LogP contribution >= 0.6 is 0 Å². The van der Waals surface area contributed by atoms with Crippen molar-refractivity contribution in [1.29, 1.82) is 0 Å². The SMILES string of the molecule is NC1CC(=O)N(CCCCC2C3CCN(C3)C2Cc2cccnc2)C1=O. The maximum Gasteiger partial charge on any atom is 0.246 e. The minimum Gasteiger partial charge on any atom is -0.319 e. The third-order valence-corrected chi connectivity index (χ3v) is 6.44. The van der Waals surface area contributed by atoms with E-state index in [1.165, 1.54) is 36.4 Å². The normalized spacial score (nSPS) is 33.4. The molecular weight excluding hydrogens is 328 g/mol. The van der Waals surface area contributed by atoms with E-state index in [0.29, 0.717) is 12.6 Å². The number of carbonyl (C=O) groups is 2. The summed E-state index contributed by atoms with van der Waals surface area (Å²) in [6, 6.07) is 4.18. The maximum absolute atomic E-state index is 11.9. The van der Waals surface area contributed by atoms with Crippen molar-refractivity contribution in [2.75, 3.05) is 19.6 Å². The van der Waals surface area contributed by atoms with Crippen molar-refractivity contribution in [1.82, 2.24) is 14.8 Å². The van der Waals surface area contributed by atoms with Crippen LogP contribution in [0.3, 0.4) is 0 Å². The molecule has 0 radical (unpaired) electrons. The highest BCUT2D eigenvalue weighted by Crippen LogP contribution is 2.42. The topological polar surface area (TPSA) is 79.5 Å². The van der Waals surface area contributed by atoms with Crippen molar-refractivity contribution < 1.29 is 9.59 Å². The van der Waals surface area contributed by atoms with E-state index in [0.717, 1.165) is 31.1 Å². The number of hydrogen-bond acceptors (Lipinski definition) is 5. The Balaban J connectivity index is 1.29. The lowest BCUT2D eigenvalue weighted by atomic mass is 9.81. The molecule has 3 aliphatic heterocycles. The van der Waals surface area contributed by atoms with Gasteiger partial charge >= 0.3 is 0 Å². The highest BCUT2D eigenvalue weighted by atomic mass is 16.2. The predicted octanol–water partition coefficient (Wildman–Crippen LogP) is 1.20. The molecule has 3 aliphatic rings. The van der Waals surface area contributed by atoms with Crippen molar-refractivity contribution in [3.8, 4) is 0 Å². The van der Waals surface area contributed by atoms with Crippen molar-refractivity contribution in [2.45, 2.75) is 50.6 Å². The Morgan fingerprint density at radius 2 is 2.15 bits per heavy atom. The summed E-state index contributed by atoms with van der Waals surface area (Å²) in [5.41, 5.74) is 6.99. The van der Waals surface area contributed by atoms with Crippen LogP contribution in [0.5, 0.6) is 0 Å². The van der Waals surface area contributed by atoms with Crippen molar-refractivity contribution in [2.24, 2.45) is 17.6 Å². The molecule has 5 atom stereocenters. The molecule has 3 saturated heterocycles. The zero-order chi connectivity index (χ0) is 18.1. The molecule has 4 heterocycles. The summed E-state index contributed by atoms with van der Waals surface area (Å²) < 4.78 is 0. The summed E-state index contributed by atoms with van der Waals surface area (Å²) in [5, 5.41) is 0. The van der Waals surface area contributed by atoms with Gasteiger partial charge in [0.1, 0.15) is 0 Å². The first-order chi connectivity index (χ1) is 12.6. The maximum atomic E-state index is 11.9. The Morgan fingerprint density at radius 1 is 1.27 bits per heavy atom. The minimum atomic E-state index is -0.621. The third kappa shape index (κ3) is 3.40. The Hall–Kier alpha value is -1.79. The van der Waals surface area contributed by atoms with Gasteiger partial charge in [-0.2, -0.15) is 0 Å². The van der Waals surface area contributed by atoms with E-state index in [9.17, 15) is 9.59 Å². The molecule has 0 aliphatic carbocycles. The second kappa shape index (κ2) is 7.45. The van der Waals surface area contributed by atoms with Gasteiger partial charge in [0.25, 0.3) is 0 Å². The van der Waals surface area contributed by atoms with Gasteiger partial charge in [-0.25, -0.2) is 0 Å². The number of likely N-dealkylation sites (tertiary alicyclic amines) is 1. The van der Waals surface area contributed by atoms with Gasteiger partial charge in [0.2, 0.25) is 11.8 Å². The smallest absolute Gasteiger partial charge is 0.246 e. The minimum absolute atomic E-state index is 0.108. The van der Waals surface area contributed by atoms with Crippen LogP contribution in [0, 0.1) is 11.8 Å². The number of carbonyl (C=O) groups excluding carboxylic acids is 2. The number of pyridine rings is 1. The molecule has 3 fully saturated rings. The second-order valence-corrected chi connectivity index (χ2v) is 8.03. The van der Waals surface area contributed by atoms with E-state index in [2.05, 4.69) is 16.0 Å². The number of nitrogens with zero attached hydrogens (tertiary/aromatic N) is 3. The summed E-state index contributed by atoms with van der Waals surface area (Å²) in [6.07, 6.45) is 9.49. The summed E-state index contributed by atoms with van der Waals surface area (Å²) in [4.78, 5) is 32.0. The zero-order valence-electron chi connectivity index (χ0n) is 15.2. The molecule has 1 aromatic heterocycles. The molecule has 6 heteroatoms. The molecule has 2 N–H and O–H groups in total. The molecule has 0 spiro atoms. The van der Waals surface area contributed by atoms with E-state index in [4.69, 9.17) is 5.73 Å². The van der Waals surface area contributed by atoms with Crippen LogP contribution in [0.1, 0.15) is 37.7 Å². The largest absolute Gasteiger partial charge is 0.319 e. The van der Waals surface area contributed by atoms with Gasteiger partial charge in [-0.05, 0) is 55.7 Å². The van der Waals surface area contributed by atoms with E-state index in [1.807, 2.05) is 18.5 Å². The van der Waals surface area contributed by atoms with Crippen LogP contribution in [0.2, 0.25) is 0 Å². The van der Waals surface area contributed by atoms with Crippen LogP contribution in [-0.4, -0.2) is 58.3 Å². The van der Waals surface area contributed by atoms with Gasteiger partial charge in [-0.3, -0.25) is 24.4 Å². The number of rotatable bonds is 7. The van der Waals surface area contributed by atoms with Crippen molar-refractivity contribution in [3.63, 3.8) is 0 Å². The molecule has 2 bridgehead atoms. The van der Waals surface area contributed by atoms with Crippen molar-refractivity contribution in [3.05, 3.63) is 30.1 Å². The number of imide groups is 1. The van der Waals surface area contributed by atoms with E-state index < -0.39 is 6.04 Å². The molecular formula is C20H28N4O2. The standard InChI is InChI=1S/C20H28N4O2/c21-17-11-19(25)24(20(17)26)8-2-1-5-16-15-6-9-23(13-15)18(16)10-14-4-3-7-22-12-14/h3-4,7,12,15-18H,1-2,5-6,8-11,13,21H2. The molecule has 6 nitrogen and oxygen atoms in total. The highest BCUT2D eigenvalue weighted by molar-refractivity contribution is 6.05. The molecule has 5 unspecified atom stereocenters. The fourth-order valence-corrected chi connectivity index (χ4v) is 5.11. The number of hydrogen-bond donors (Lipinski definition) is 1. The zero-order valence-corrected chi connectivity index (χ0v) is 15.2. The van der Waals surface area contributed by atoms with Gasteiger partial charge in [0.15, 0.2) is 0 Å². The number of unbranched alkanes of at least 4 members (excludes halogenated alkanes) is 1. The summed E-state index contributed by atoms with van der Waals surface area (Å²) in [7, 11) is 0. The first-order valence-electron chi connectivity index (χ1n) is 9.86. The van der Waals surface area contributed by atoms with E-state index in [-0.39, 0.29) is 18.2 Å². The third-order valence-electron chi connectivity index (χ3n) is 6.44. The summed E-state index contributed by atoms with van der Waals surface area (Å²) in [5.74, 6) is 1.22. The van der Waals surface area contributed by atoms with Gasteiger partial charge in [-0.1, -0.05) is 12.5 Å². The Kier molecular flexibility index (Phi) is 5.05. The van der Waals surface area contributed by atoms with Gasteiger partial charge < -0.3 is 5.73 Å².